The van der Waals surface area contributed by atoms with Crippen molar-refractivity contribution in [3.05, 3.63) is 58.6 Å². The van der Waals surface area contributed by atoms with Crippen LogP contribution >= 0.6 is 11.6 Å². The molecule has 0 radical (unpaired) electrons. The molecule has 2 aromatic carbocycles. The number of methoxy groups -OCH3 is 1. The largest absolute Gasteiger partial charge is 0.497 e. The molecule has 0 heterocycles. The number of nitrogens with zero attached hydrogens (tertiary/aromatic N) is 2. The van der Waals surface area contributed by atoms with Crippen LogP contribution in [0, 0.1) is 6.92 Å². The van der Waals surface area contributed by atoms with Gasteiger partial charge in [0, 0.05) is 33.6 Å². The normalized spacial score (nSPS) is 11.1. The van der Waals surface area contributed by atoms with E-state index in [-0.39, 0.29) is 5.91 Å². The molecule has 0 spiro atoms. The Hall–Kier alpha value is -2.73. The third kappa shape index (κ3) is 6.46. The average Bonchev–Trinajstić information content (AvgIpc) is 2.68. The van der Waals surface area contributed by atoms with Crippen LogP contribution < -0.4 is 15.4 Å². The second-order valence-corrected chi connectivity index (χ2v) is 6.87. The zero-order valence-electron chi connectivity index (χ0n) is 16.8. The molecule has 0 bridgehead atoms. The topological polar surface area (TPSA) is 66.0 Å². The fourth-order valence-corrected chi connectivity index (χ4v) is 2.97. The highest BCUT2D eigenvalue weighted by molar-refractivity contribution is 6.33. The highest BCUT2D eigenvalue weighted by Gasteiger charge is 2.09. The van der Waals surface area contributed by atoms with Gasteiger partial charge in [0.05, 0.1) is 17.8 Å². The van der Waals surface area contributed by atoms with E-state index in [1.807, 2.05) is 61.3 Å². The van der Waals surface area contributed by atoms with Gasteiger partial charge in [-0.15, -0.1) is 0 Å². The van der Waals surface area contributed by atoms with Crippen LogP contribution in [0.4, 0.5) is 5.69 Å². The molecule has 0 aromatic heterocycles. The van der Waals surface area contributed by atoms with Gasteiger partial charge in [-0.1, -0.05) is 29.8 Å². The molecule has 28 heavy (non-hydrogen) atoms. The lowest BCUT2D eigenvalue weighted by molar-refractivity contribution is -0.116. The molecular weight excluding hydrogens is 376 g/mol. The lowest BCUT2D eigenvalue weighted by Gasteiger charge is -2.22. The van der Waals surface area contributed by atoms with Crippen molar-refractivity contribution >= 4 is 29.2 Å². The Morgan fingerprint density at radius 1 is 1.21 bits per heavy atom. The van der Waals surface area contributed by atoms with Crippen LogP contribution in [0.5, 0.6) is 5.75 Å². The Bertz CT molecular complexity index is 822. The molecule has 0 saturated carbocycles. The lowest BCUT2D eigenvalue weighted by Crippen LogP contribution is -2.39. The summed E-state index contributed by atoms with van der Waals surface area (Å²) in [6.45, 7) is 3.11. The van der Waals surface area contributed by atoms with Gasteiger partial charge in [0.25, 0.3) is 0 Å². The minimum absolute atomic E-state index is 0.105. The minimum Gasteiger partial charge on any atom is -0.497 e. The molecule has 0 aliphatic carbocycles. The summed E-state index contributed by atoms with van der Waals surface area (Å²) in [6.07, 6.45) is 0.305. The highest BCUT2D eigenvalue weighted by Crippen LogP contribution is 2.22. The van der Waals surface area contributed by atoms with Gasteiger partial charge in [-0.2, -0.15) is 0 Å². The van der Waals surface area contributed by atoms with E-state index in [0.29, 0.717) is 30.2 Å². The monoisotopic (exact) mass is 402 g/mol. The number of anilines is 1. The molecule has 0 aliphatic rings. The molecule has 0 aliphatic heterocycles. The molecule has 2 rings (SSSR count). The maximum Gasteiger partial charge on any atom is 0.226 e. The Kier molecular flexibility index (Phi) is 8.14. The first-order chi connectivity index (χ1) is 13.4. The van der Waals surface area contributed by atoms with E-state index >= 15 is 0 Å². The number of hydrogen-bond donors (Lipinski definition) is 2. The summed E-state index contributed by atoms with van der Waals surface area (Å²) in [6, 6.07) is 13.4. The molecule has 0 saturated heterocycles. The summed E-state index contributed by atoms with van der Waals surface area (Å²) >= 11 is 6.15. The first-order valence-corrected chi connectivity index (χ1v) is 9.41. The molecule has 7 heteroatoms. The van der Waals surface area contributed by atoms with Crippen LogP contribution in [0.3, 0.4) is 0 Å². The standard InChI is InChI=1S/C21H27ClN4O2/c1-15-5-10-19(18(22)13-15)25-20(27)11-12-24-21(23-2)26(3)14-16-6-8-17(28-4)9-7-16/h5-10,13H,11-12,14H2,1-4H3,(H,23,24)(H,25,27). The number of benzene rings is 2. The number of carbonyl (C=O) groups excluding carboxylic acids is 1. The summed E-state index contributed by atoms with van der Waals surface area (Å²) in [7, 11) is 5.32. The lowest BCUT2D eigenvalue weighted by atomic mass is 10.2. The fraction of sp³-hybridized carbons (Fsp3) is 0.333. The number of guanidine groups is 1. The van der Waals surface area contributed by atoms with Crippen molar-refractivity contribution in [2.45, 2.75) is 19.9 Å². The first-order valence-electron chi connectivity index (χ1n) is 9.03. The maximum atomic E-state index is 12.2. The van der Waals surface area contributed by atoms with E-state index in [4.69, 9.17) is 16.3 Å². The van der Waals surface area contributed by atoms with Crippen LogP contribution in [-0.2, 0) is 11.3 Å². The molecule has 6 nitrogen and oxygen atoms in total. The van der Waals surface area contributed by atoms with E-state index < -0.39 is 0 Å². The summed E-state index contributed by atoms with van der Waals surface area (Å²) in [4.78, 5) is 18.4. The van der Waals surface area contributed by atoms with Crippen molar-refractivity contribution in [2.75, 3.05) is 33.1 Å². The summed E-state index contributed by atoms with van der Waals surface area (Å²) in [5.41, 5.74) is 2.81. The summed E-state index contributed by atoms with van der Waals surface area (Å²) in [5.74, 6) is 1.44. The fourth-order valence-electron chi connectivity index (χ4n) is 2.69. The first kappa shape index (κ1) is 21.6. The highest BCUT2D eigenvalue weighted by atomic mass is 35.5. The van der Waals surface area contributed by atoms with Crippen LogP contribution in [0.15, 0.2) is 47.5 Å². The molecular formula is C21H27ClN4O2. The van der Waals surface area contributed by atoms with E-state index in [0.717, 1.165) is 22.8 Å². The van der Waals surface area contributed by atoms with Crippen LogP contribution in [0.1, 0.15) is 17.5 Å². The third-order valence-electron chi connectivity index (χ3n) is 4.19. The van der Waals surface area contributed by atoms with Gasteiger partial charge in [-0.3, -0.25) is 9.79 Å². The Balaban J connectivity index is 1.81. The second kappa shape index (κ2) is 10.6. The van der Waals surface area contributed by atoms with Crippen molar-refractivity contribution in [3.8, 4) is 5.75 Å². The number of rotatable bonds is 7. The number of hydrogen-bond acceptors (Lipinski definition) is 3. The second-order valence-electron chi connectivity index (χ2n) is 6.46. The van der Waals surface area contributed by atoms with Gasteiger partial charge >= 0.3 is 0 Å². The predicted molar refractivity (Wildman–Crippen MR) is 115 cm³/mol. The van der Waals surface area contributed by atoms with E-state index in [9.17, 15) is 4.79 Å². The third-order valence-corrected chi connectivity index (χ3v) is 4.50. The van der Waals surface area contributed by atoms with Crippen LogP contribution in [0.2, 0.25) is 5.02 Å². The van der Waals surface area contributed by atoms with Crippen molar-refractivity contribution < 1.29 is 9.53 Å². The van der Waals surface area contributed by atoms with Crippen molar-refractivity contribution in [1.29, 1.82) is 0 Å². The number of aryl methyl sites for hydroxylation is 1. The van der Waals surface area contributed by atoms with Crippen molar-refractivity contribution in [2.24, 2.45) is 4.99 Å². The number of carbonyl (C=O) groups is 1. The number of halogens is 1. The van der Waals surface area contributed by atoms with E-state index in [2.05, 4.69) is 15.6 Å². The van der Waals surface area contributed by atoms with Crippen molar-refractivity contribution in [1.82, 2.24) is 10.2 Å². The quantitative estimate of drug-likeness (QED) is 0.547. The van der Waals surface area contributed by atoms with Crippen LogP contribution in [0.25, 0.3) is 0 Å². The Labute approximate surface area is 171 Å². The van der Waals surface area contributed by atoms with Gasteiger partial charge < -0.3 is 20.3 Å². The van der Waals surface area contributed by atoms with E-state index in [1.165, 1.54) is 0 Å². The maximum absolute atomic E-state index is 12.2. The predicted octanol–water partition coefficient (Wildman–Crippen LogP) is 3.69. The average molecular weight is 403 g/mol. The summed E-state index contributed by atoms with van der Waals surface area (Å²) < 4.78 is 5.18. The van der Waals surface area contributed by atoms with Crippen LogP contribution in [-0.4, -0.2) is 44.5 Å². The smallest absolute Gasteiger partial charge is 0.226 e. The number of aliphatic imine (C=N–C) groups is 1. The van der Waals surface area contributed by atoms with Gasteiger partial charge in [-0.05, 0) is 42.3 Å². The SMILES string of the molecule is CN=C(NCCC(=O)Nc1ccc(C)cc1Cl)N(C)Cc1ccc(OC)cc1. The summed E-state index contributed by atoms with van der Waals surface area (Å²) in [5, 5.41) is 6.58. The van der Waals surface area contributed by atoms with E-state index in [1.54, 1.807) is 14.2 Å². The zero-order valence-corrected chi connectivity index (χ0v) is 17.5. The Morgan fingerprint density at radius 2 is 1.93 bits per heavy atom. The van der Waals surface area contributed by atoms with Gasteiger partial charge in [-0.25, -0.2) is 0 Å². The molecule has 0 fully saturated rings. The minimum atomic E-state index is -0.105. The number of ether oxygens (including phenoxy) is 1. The molecule has 2 aromatic rings. The van der Waals surface area contributed by atoms with Gasteiger partial charge in [0.1, 0.15) is 5.75 Å². The molecule has 0 atom stereocenters. The molecule has 150 valence electrons. The molecule has 0 unspecified atom stereocenters. The molecule has 2 N–H and O–H groups in total. The van der Waals surface area contributed by atoms with Gasteiger partial charge in [0.15, 0.2) is 5.96 Å². The number of nitrogens with one attached hydrogen (secondary N) is 2. The molecule has 1 amide bonds. The number of amides is 1. The van der Waals surface area contributed by atoms with Gasteiger partial charge in [0.2, 0.25) is 5.91 Å². The Morgan fingerprint density at radius 3 is 2.54 bits per heavy atom. The zero-order chi connectivity index (χ0) is 20.5. The van der Waals surface area contributed by atoms with Crippen molar-refractivity contribution in [3.63, 3.8) is 0 Å².